The zero-order valence-electron chi connectivity index (χ0n) is 14.2. The van der Waals surface area contributed by atoms with Crippen LogP contribution >= 0.6 is 24.8 Å². The number of nitrogens with two attached hydrogens (primary N) is 1. The maximum Gasteiger partial charge on any atom is 0.160 e. The number of fused-ring (bicyclic) bond motifs is 1. The van der Waals surface area contributed by atoms with Crippen LogP contribution in [0.4, 0.5) is 5.69 Å². The summed E-state index contributed by atoms with van der Waals surface area (Å²) in [4.78, 5) is 4.80. The number of rotatable bonds is 5. The highest BCUT2D eigenvalue weighted by Crippen LogP contribution is 2.30. The highest BCUT2D eigenvalue weighted by Gasteiger charge is 2.20. The molecule has 2 aromatic rings. The van der Waals surface area contributed by atoms with Crippen molar-refractivity contribution in [2.45, 2.75) is 52.2 Å². The third-order valence-corrected chi connectivity index (χ3v) is 4.38. The molecular formula is C16H27Cl2N5O. The minimum Gasteiger partial charge on any atom is -0.381 e. The molecule has 0 radical (unpaired) electrons. The van der Waals surface area contributed by atoms with Gasteiger partial charge in [-0.05, 0) is 26.2 Å². The summed E-state index contributed by atoms with van der Waals surface area (Å²) in [5.41, 5.74) is 10.3. The van der Waals surface area contributed by atoms with Crippen LogP contribution in [0, 0.1) is 0 Å². The lowest BCUT2D eigenvalue weighted by atomic mass is 10.0. The topological polar surface area (TPSA) is 78.0 Å². The predicted octanol–water partition coefficient (Wildman–Crippen LogP) is 2.91. The van der Waals surface area contributed by atoms with Gasteiger partial charge in [-0.25, -0.2) is 9.67 Å². The fourth-order valence-corrected chi connectivity index (χ4v) is 3.13. The van der Waals surface area contributed by atoms with E-state index >= 15 is 0 Å². The molecule has 8 heteroatoms. The Balaban J connectivity index is 0.00000144. The maximum absolute atomic E-state index is 6.03. The van der Waals surface area contributed by atoms with Gasteiger partial charge in [0.25, 0.3) is 0 Å². The molecule has 1 fully saturated rings. The van der Waals surface area contributed by atoms with Crippen molar-refractivity contribution in [3.63, 3.8) is 0 Å². The molecule has 2 aromatic heterocycles. The number of nitrogens with one attached hydrogen (secondary N) is 1. The molecule has 3 N–H and O–H groups in total. The van der Waals surface area contributed by atoms with Gasteiger partial charge in [-0.3, -0.25) is 0 Å². The summed E-state index contributed by atoms with van der Waals surface area (Å²) in [6, 6.07) is 0.430. The lowest BCUT2D eigenvalue weighted by Crippen LogP contribution is -2.29. The molecular weight excluding hydrogens is 349 g/mol. The Kier molecular flexibility index (Phi) is 8.22. The summed E-state index contributed by atoms with van der Waals surface area (Å²) in [6.07, 6.45) is 4.83. The second kappa shape index (κ2) is 9.42. The predicted molar refractivity (Wildman–Crippen MR) is 102 cm³/mol. The minimum absolute atomic E-state index is 0. The van der Waals surface area contributed by atoms with Crippen molar-refractivity contribution in [3.05, 3.63) is 17.5 Å². The number of hydrogen-bond donors (Lipinski definition) is 2. The summed E-state index contributed by atoms with van der Waals surface area (Å²) in [5, 5.41) is 9.24. The molecule has 136 valence electrons. The van der Waals surface area contributed by atoms with E-state index in [0.29, 0.717) is 12.6 Å². The van der Waals surface area contributed by atoms with E-state index in [9.17, 15) is 0 Å². The van der Waals surface area contributed by atoms with Crippen LogP contribution in [0.5, 0.6) is 0 Å². The van der Waals surface area contributed by atoms with Crippen molar-refractivity contribution in [2.24, 2.45) is 5.73 Å². The van der Waals surface area contributed by atoms with Crippen LogP contribution in [-0.2, 0) is 24.2 Å². The van der Waals surface area contributed by atoms with E-state index in [1.165, 1.54) is 0 Å². The average molecular weight is 376 g/mol. The van der Waals surface area contributed by atoms with Gasteiger partial charge >= 0.3 is 0 Å². The molecule has 0 spiro atoms. The van der Waals surface area contributed by atoms with Crippen LogP contribution < -0.4 is 11.1 Å². The van der Waals surface area contributed by atoms with Crippen LogP contribution in [0.2, 0.25) is 0 Å². The van der Waals surface area contributed by atoms with Gasteiger partial charge in [-0.15, -0.1) is 24.8 Å². The van der Waals surface area contributed by atoms with E-state index in [2.05, 4.69) is 24.3 Å². The van der Waals surface area contributed by atoms with Crippen LogP contribution in [-0.4, -0.2) is 34.0 Å². The molecule has 1 aliphatic heterocycles. The van der Waals surface area contributed by atoms with Crippen LogP contribution in [0.1, 0.15) is 37.9 Å². The number of halogens is 2. The van der Waals surface area contributed by atoms with Crippen LogP contribution in [0.25, 0.3) is 11.0 Å². The van der Waals surface area contributed by atoms with E-state index in [1.54, 1.807) is 0 Å². The Labute approximate surface area is 155 Å². The second-order valence-electron chi connectivity index (χ2n) is 5.70. The first-order valence-corrected chi connectivity index (χ1v) is 8.20. The van der Waals surface area contributed by atoms with Crippen LogP contribution in [0.3, 0.4) is 0 Å². The maximum atomic E-state index is 6.03. The first-order chi connectivity index (χ1) is 10.8. The van der Waals surface area contributed by atoms with E-state index in [4.69, 9.17) is 15.5 Å². The van der Waals surface area contributed by atoms with Gasteiger partial charge < -0.3 is 15.8 Å². The number of aromatic nitrogens is 3. The highest BCUT2D eigenvalue weighted by atomic mass is 35.5. The lowest BCUT2D eigenvalue weighted by Gasteiger charge is -2.26. The molecule has 0 saturated carbocycles. The highest BCUT2D eigenvalue weighted by molar-refractivity contribution is 5.91. The number of anilines is 1. The lowest BCUT2D eigenvalue weighted by molar-refractivity contribution is 0.0904. The molecule has 0 bridgehead atoms. The third kappa shape index (κ3) is 3.94. The van der Waals surface area contributed by atoms with E-state index in [-0.39, 0.29) is 24.8 Å². The average Bonchev–Trinajstić information content (AvgIpc) is 2.98. The molecule has 1 saturated heterocycles. The summed E-state index contributed by atoms with van der Waals surface area (Å²) >= 11 is 0. The molecule has 0 unspecified atom stereocenters. The molecule has 3 rings (SSSR count). The van der Waals surface area contributed by atoms with Gasteiger partial charge in [0.15, 0.2) is 5.65 Å². The van der Waals surface area contributed by atoms with Crippen molar-refractivity contribution < 1.29 is 4.74 Å². The number of aryl methyl sites for hydroxylation is 2. The van der Waals surface area contributed by atoms with E-state index in [1.807, 2.05) is 10.9 Å². The monoisotopic (exact) mass is 375 g/mol. The third-order valence-electron chi connectivity index (χ3n) is 4.38. The summed E-state index contributed by atoms with van der Waals surface area (Å²) < 4.78 is 7.40. The van der Waals surface area contributed by atoms with E-state index in [0.717, 1.165) is 67.0 Å². The van der Waals surface area contributed by atoms with Gasteiger partial charge in [0.2, 0.25) is 0 Å². The zero-order chi connectivity index (χ0) is 15.5. The smallest absolute Gasteiger partial charge is 0.160 e. The number of pyridine rings is 1. The molecule has 1 aliphatic rings. The van der Waals surface area contributed by atoms with Gasteiger partial charge in [-0.1, -0.05) is 6.92 Å². The first-order valence-electron chi connectivity index (χ1n) is 8.20. The quantitative estimate of drug-likeness (QED) is 0.839. The second-order valence-corrected chi connectivity index (χ2v) is 5.70. The van der Waals surface area contributed by atoms with Crippen molar-refractivity contribution >= 4 is 41.5 Å². The largest absolute Gasteiger partial charge is 0.381 e. The van der Waals surface area contributed by atoms with Gasteiger partial charge in [0, 0.05) is 43.6 Å². The molecule has 0 aliphatic carbocycles. The van der Waals surface area contributed by atoms with Crippen molar-refractivity contribution in [2.75, 3.05) is 18.5 Å². The zero-order valence-corrected chi connectivity index (χ0v) is 15.9. The number of nitrogens with zero attached hydrogens (tertiary/aromatic N) is 3. The Morgan fingerprint density at radius 1 is 1.29 bits per heavy atom. The van der Waals surface area contributed by atoms with Crippen LogP contribution in [0.15, 0.2) is 6.20 Å². The summed E-state index contributed by atoms with van der Waals surface area (Å²) in [6.45, 7) is 7.16. The SMILES string of the molecule is CCc1nc2c(cnn2CC)c(NC2CCOCC2)c1CN.Cl.Cl. The standard InChI is InChI=1S/C16H25N5O.2ClH/c1-3-14-12(9-17)15(19-11-5-7-22-8-6-11)13-10-18-21(4-2)16(13)20-14;;/h10-11H,3-9,17H2,1-2H3,(H,19,20);2*1H. The first kappa shape index (κ1) is 21.0. The normalized spacial score (nSPS) is 15.0. The van der Waals surface area contributed by atoms with Crippen molar-refractivity contribution in [1.29, 1.82) is 0 Å². The fourth-order valence-electron chi connectivity index (χ4n) is 3.13. The molecule has 24 heavy (non-hydrogen) atoms. The van der Waals surface area contributed by atoms with Gasteiger partial charge in [0.1, 0.15) is 0 Å². The number of ether oxygens (including phenoxy) is 1. The molecule has 6 nitrogen and oxygen atoms in total. The molecule has 0 amide bonds. The van der Waals surface area contributed by atoms with Gasteiger partial charge in [-0.2, -0.15) is 5.10 Å². The summed E-state index contributed by atoms with van der Waals surface area (Å²) in [5.74, 6) is 0. The Bertz CT molecular complexity index is 655. The number of hydrogen-bond acceptors (Lipinski definition) is 5. The Morgan fingerprint density at radius 3 is 2.58 bits per heavy atom. The molecule has 0 atom stereocenters. The van der Waals surface area contributed by atoms with E-state index < -0.39 is 0 Å². The Morgan fingerprint density at radius 2 is 2.00 bits per heavy atom. The summed E-state index contributed by atoms with van der Waals surface area (Å²) in [7, 11) is 0. The Hall–Kier alpha value is -1.08. The minimum atomic E-state index is 0. The molecule has 3 heterocycles. The van der Waals surface area contributed by atoms with Crippen molar-refractivity contribution in [3.8, 4) is 0 Å². The molecule has 0 aromatic carbocycles. The fraction of sp³-hybridized carbons (Fsp3) is 0.625. The van der Waals surface area contributed by atoms with Gasteiger partial charge in [0.05, 0.1) is 17.3 Å². The van der Waals surface area contributed by atoms with Crippen molar-refractivity contribution in [1.82, 2.24) is 14.8 Å².